The van der Waals surface area contributed by atoms with Gasteiger partial charge in [0.25, 0.3) is 0 Å². The highest BCUT2D eigenvalue weighted by molar-refractivity contribution is 6.05. The SMILES string of the molecule is CC(=O)N(CC(=O)Nc1cccc2cccnc12)c1ccc(C(C)C)cc1. The molecule has 2 amide bonds. The number of carbonyl (C=O) groups excluding carboxylic acids is 2. The van der Waals surface area contributed by atoms with E-state index in [1.165, 1.54) is 17.4 Å². The molecule has 0 aliphatic carbocycles. The van der Waals surface area contributed by atoms with Crippen molar-refractivity contribution in [3.8, 4) is 0 Å². The van der Waals surface area contributed by atoms with Gasteiger partial charge in [-0.05, 0) is 35.7 Å². The summed E-state index contributed by atoms with van der Waals surface area (Å²) in [7, 11) is 0. The molecule has 0 atom stereocenters. The lowest BCUT2D eigenvalue weighted by atomic mass is 10.0. The maximum Gasteiger partial charge on any atom is 0.244 e. The zero-order valence-corrected chi connectivity index (χ0v) is 15.8. The minimum Gasteiger partial charge on any atom is -0.323 e. The molecule has 0 bridgehead atoms. The molecule has 0 aliphatic heterocycles. The number of rotatable bonds is 5. The predicted molar refractivity (Wildman–Crippen MR) is 109 cm³/mol. The molecule has 2 aromatic carbocycles. The Kier molecular flexibility index (Phi) is 5.50. The first-order valence-electron chi connectivity index (χ1n) is 8.97. The van der Waals surface area contributed by atoms with Gasteiger partial charge >= 0.3 is 0 Å². The molecule has 0 saturated heterocycles. The third-order valence-corrected chi connectivity index (χ3v) is 4.46. The van der Waals surface area contributed by atoms with Crippen molar-refractivity contribution in [2.24, 2.45) is 0 Å². The van der Waals surface area contributed by atoms with Gasteiger partial charge in [0.2, 0.25) is 11.8 Å². The lowest BCUT2D eigenvalue weighted by Gasteiger charge is -2.21. The van der Waals surface area contributed by atoms with Crippen LogP contribution in [0.1, 0.15) is 32.3 Å². The number of para-hydroxylation sites is 1. The number of hydrogen-bond acceptors (Lipinski definition) is 3. The molecule has 3 aromatic rings. The molecule has 1 N–H and O–H groups in total. The van der Waals surface area contributed by atoms with Gasteiger partial charge in [0, 0.05) is 24.2 Å². The highest BCUT2D eigenvalue weighted by atomic mass is 16.2. The minimum absolute atomic E-state index is 0.0560. The Morgan fingerprint density at radius 1 is 1.04 bits per heavy atom. The molecule has 5 nitrogen and oxygen atoms in total. The number of hydrogen-bond donors (Lipinski definition) is 1. The predicted octanol–water partition coefficient (Wildman–Crippen LogP) is 4.35. The van der Waals surface area contributed by atoms with E-state index in [4.69, 9.17) is 0 Å². The molecule has 138 valence electrons. The zero-order valence-electron chi connectivity index (χ0n) is 15.8. The number of pyridine rings is 1. The van der Waals surface area contributed by atoms with Crippen LogP contribution in [-0.4, -0.2) is 23.3 Å². The van der Waals surface area contributed by atoms with Crippen LogP contribution >= 0.6 is 0 Å². The van der Waals surface area contributed by atoms with Gasteiger partial charge in [0.05, 0.1) is 11.2 Å². The molecular weight excluding hydrogens is 338 g/mol. The number of amides is 2. The summed E-state index contributed by atoms with van der Waals surface area (Å²) in [4.78, 5) is 30.5. The first kappa shape index (κ1) is 18.6. The summed E-state index contributed by atoms with van der Waals surface area (Å²) in [5.41, 5.74) is 3.26. The molecule has 0 spiro atoms. The van der Waals surface area contributed by atoms with Crippen molar-refractivity contribution in [2.75, 3.05) is 16.8 Å². The monoisotopic (exact) mass is 361 g/mol. The van der Waals surface area contributed by atoms with Crippen LogP contribution in [0.3, 0.4) is 0 Å². The molecular formula is C22H23N3O2. The fraction of sp³-hybridized carbons (Fsp3) is 0.227. The summed E-state index contributed by atoms with van der Waals surface area (Å²) >= 11 is 0. The number of fused-ring (bicyclic) bond motifs is 1. The summed E-state index contributed by atoms with van der Waals surface area (Å²) in [6, 6.07) is 17.1. The molecule has 3 rings (SSSR count). The van der Waals surface area contributed by atoms with Gasteiger partial charge in [0.1, 0.15) is 6.54 Å². The first-order chi connectivity index (χ1) is 13.0. The van der Waals surface area contributed by atoms with Crippen molar-refractivity contribution >= 4 is 34.1 Å². The summed E-state index contributed by atoms with van der Waals surface area (Å²) < 4.78 is 0. The Hall–Kier alpha value is -3.21. The maximum atomic E-state index is 12.6. The lowest BCUT2D eigenvalue weighted by molar-refractivity contribution is -0.120. The Morgan fingerprint density at radius 3 is 2.41 bits per heavy atom. The third-order valence-electron chi connectivity index (χ3n) is 4.46. The van der Waals surface area contributed by atoms with Gasteiger partial charge in [-0.1, -0.05) is 44.2 Å². The topological polar surface area (TPSA) is 62.3 Å². The van der Waals surface area contributed by atoms with Crippen molar-refractivity contribution < 1.29 is 9.59 Å². The number of aromatic nitrogens is 1. The van der Waals surface area contributed by atoms with Crippen LogP contribution in [0.5, 0.6) is 0 Å². The number of nitrogens with zero attached hydrogens (tertiary/aromatic N) is 2. The van der Waals surface area contributed by atoms with E-state index in [-0.39, 0.29) is 18.4 Å². The smallest absolute Gasteiger partial charge is 0.244 e. The Morgan fingerprint density at radius 2 is 1.74 bits per heavy atom. The number of carbonyl (C=O) groups is 2. The first-order valence-corrected chi connectivity index (χ1v) is 8.97. The van der Waals surface area contributed by atoms with E-state index in [0.29, 0.717) is 17.3 Å². The maximum absolute atomic E-state index is 12.6. The Balaban J connectivity index is 1.78. The molecule has 1 aromatic heterocycles. The fourth-order valence-electron chi connectivity index (χ4n) is 2.96. The van der Waals surface area contributed by atoms with Crippen LogP contribution in [0.4, 0.5) is 11.4 Å². The van der Waals surface area contributed by atoms with Crippen LogP contribution in [-0.2, 0) is 9.59 Å². The molecule has 0 radical (unpaired) electrons. The van der Waals surface area contributed by atoms with E-state index in [0.717, 1.165) is 10.9 Å². The number of anilines is 2. The third kappa shape index (κ3) is 4.31. The van der Waals surface area contributed by atoms with E-state index >= 15 is 0 Å². The highest BCUT2D eigenvalue weighted by Gasteiger charge is 2.17. The van der Waals surface area contributed by atoms with Crippen LogP contribution in [0, 0.1) is 0 Å². The lowest BCUT2D eigenvalue weighted by Crippen LogP contribution is -2.36. The largest absolute Gasteiger partial charge is 0.323 e. The van der Waals surface area contributed by atoms with E-state index in [2.05, 4.69) is 24.1 Å². The van der Waals surface area contributed by atoms with Crippen LogP contribution < -0.4 is 10.2 Å². The highest BCUT2D eigenvalue weighted by Crippen LogP contribution is 2.22. The number of benzene rings is 2. The molecule has 5 heteroatoms. The fourth-order valence-corrected chi connectivity index (χ4v) is 2.96. The average Bonchev–Trinajstić information content (AvgIpc) is 2.66. The van der Waals surface area contributed by atoms with E-state index in [9.17, 15) is 9.59 Å². The second-order valence-electron chi connectivity index (χ2n) is 6.78. The minimum atomic E-state index is -0.267. The van der Waals surface area contributed by atoms with E-state index in [1.54, 1.807) is 6.20 Å². The van der Waals surface area contributed by atoms with Crippen LogP contribution in [0.15, 0.2) is 60.8 Å². The van der Waals surface area contributed by atoms with E-state index < -0.39 is 0 Å². The summed E-state index contributed by atoms with van der Waals surface area (Å²) in [6.45, 7) is 5.63. The molecule has 0 fully saturated rings. The molecule has 1 heterocycles. The standard InChI is InChI=1S/C22H23N3O2/c1-15(2)17-9-11-19(12-10-17)25(16(3)26)14-21(27)24-20-8-4-6-18-7-5-13-23-22(18)20/h4-13,15H,14H2,1-3H3,(H,24,27). The Bertz CT molecular complexity index is 959. The normalized spacial score (nSPS) is 10.8. The Labute approximate surface area is 159 Å². The van der Waals surface area contributed by atoms with E-state index in [1.807, 2.05) is 54.6 Å². The van der Waals surface area contributed by atoms with Gasteiger partial charge in [-0.3, -0.25) is 14.6 Å². The zero-order chi connectivity index (χ0) is 19.4. The van der Waals surface area contributed by atoms with Gasteiger partial charge in [-0.2, -0.15) is 0 Å². The number of nitrogens with one attached hydrogen (secondary N) is 1. The van der Waals surface area contributed by atoms with Crippen molar-refractivity contribution in [3.05, 3.63) is 66.4 Å². The van der Waals surface area contributed by atoms with Gasteiger partial charge < -0.3 is 10.2 Å². The molecule has 0 saturated carbocycles. The van der Waals surface area contributed by atoms with Crippen LogP contribution in [0.2, 0.25) is 0 Å². The van der Waals surface area contributed by atoms with Gasteiger partial charge in [0.15, 0.2) is 0 Å². The summed E-state index contributed by atoms with van der Waals surface area (Å²) in [5, 5.41) is 3.82. The van der Waals surface area contributed by atoms with Crippen LogP contribution in [0.25, 0.3) is 10.9 Å². The van der Waals surface area contributed by atoms with Crippen molar-refractivity contribution in [3.63, 3.8) is 0 Å². The second kappa shape index (κ2) is 7.99. The second-order valence-corrected chi connectivity index (χ2v) is 6.78. The summed E-state index contributed by atoms with van der Waals surface area (Å²) in [5.74, 6) is -0.0400. The quantitative estimate of drug-likeness (QED) is 0.735. The van der Waals surface area contributed by atoms with Crippen molar-refractivity contribution in [1.82, 2.24) is 4.98 Å². The molecule has 27 heavy (non-hydrogen) atoms. The van der Waals surface area contributed by atoms with Gasteiger partial charge in [-0.15, -0.1) is 0 Å². The molecule has 0 aliphatic rings. The average molecular weight is 361 g/mol. The summed E-state index contributed by atoms with van der Waals surface area (Å²) in [6.07, 6.45) is 1.69. The van der Waals surface area contributed by atoms with Gasteiger partial charge in [-0.25, -0.2) is 0 Å². The molecule has 0 unspecified atom stereocenters. The van der Waals surface area contributed by atoms with Crippen molar-refractivity contribution in [2.45, 2.75) is 26.7 Å². The van der Waals surface area contributed by atoms with Crippen molar-refractivity contribution in [1.29, 1.82) is 0 Å².